The van der Waals surface area contributed by atoms with E-state index >= 15 is 0 Å². The molecule has 0 fully saturated rings. The molecule has 2 heterocycles. The molecule has 0 N–H and O–H groups in total. The van der Waals surface area contributed by atoms with Crippen molar-refractivity contribution in [2.45, 2.75) is 52.1 Å². The summed E-state index contributed by atoms with van der Waals surface area (Å²) in [5.41, 5.74) is 0. The predicted octanol–water partition coefficient (Wildman–Crippen LogP) is 3.05. The van der Waals surface area contributed by atoms with Gasteiger partial charge in [0.05, 0.1) is 12.7 Å². The Morgan fingerprint density at radius 2 is 1.32 bits per heavy atom. The lowest BCUT2D eigenvalue weighted by Crippen LogP contribution is -2.28. The molecule has 0 aliphatic carbocycles. The van der Waals surface area contributed by atoms with Crippen LogP contribution in [0, 0.1) is 0 Å². The highest BCUT2D eigenvalue weighted by atomic mass is 15.1. The third-order valence-corrected chi connectivity index (χ3v) is 3.98. The normalized spacial score (nSPS) is 11.4. The summed E-state index contributed by atoms with van der Waals surface area (Å²) in [5.74, 6) is 0. The Balaban J connectivity index is 1.67. The molecule has 0 spiro atoms. The van der Waals surface area contributed by atoms with Crippen LogP contribution in [-0.4, -0.2) is 43.6 Å². The Kier molecular flexibility index (Phi) is 7.74. The average Bonchev–Trinajstić information content (AvgIpc) is 3.20. The number of aryl methyl sites for hydroxylation is 2. The third-order valence-electron chi connectivity index (χ3n) is 3.98. The highest BCUT2D eigenvalue weighted by Crippen LogP contribution is 2.03. The fourth-order valence-electron chi connectivity index (χ4n) is 2.71. The SMILES string of the molecule is CCCCCN(CCCn1ccnc1)CCCn1ccnc1. The van der Waals surface area contributed by atoms with Crippen LogP contribution < -0.4 is 0 Å². The molecule has 0 unspecified atom stereocenters. The van der Waals surface area contributed by atoms with E-state index < -0.39 is 0 Å². The van der Waals surface area contributed by atoms with Crippen molar-refractivity contribution in [3.63, 3.8) is 0 Å². The first kappa shape index (κ1) is 16.7. The predicted molar refractivity (Wildman–Crippen MR) is 89.7 cm³/mol. The Bertz CT molecular complexity index is 423. The first-order valence-electron chi connectivity index (χ1n) is 8.52. The molecule has 22 heavy (non-hydrogen) atoms. The summed E-state index contributed by atoms with van der Waals surface area (Å²) in [6.45, 7) is 7.96. The number of nitrogens with zero attached hydrogens (tertiary/aromatic N) is 5. The summed E-state index contributed by atoms with van der Waals surface area (Å²) in [5, 5.41) is 0. The van der Waals surface area contributed by atoms with Crippen LogP contribution in [0.2, 0.25) is 0 Å². The number of hydrogen-bond acceptors (Lipinski definition) is 3. The molecule has 122 valence electrons. The van der Waals surface area contributed by atoms with Crippen molar-refractivity contribution in [1.82, 2.24) is 24.0 Å². The van der Waals surface area contributed by atoms with Crippen LogP contribution >= 0.6 is 0 Å². The molecule has 0 saturated carbocycles. The van der Waals surface area contributed by atoms with E-state index in [1.807, 2.05) is 37.4 Å². The van der Waals surface area contributed by atoms with Crippen LogP contribution in [0.3, 0.4) is 0 Å². The monoisotopic (exact) mass is 303 g/mol. The van der Waals surface area contributed by atoms with Gasteiger partial charge in [-0.05, 0) is 38.9 Å². The number of imidazole rings is 2. The van der Waals surface area contributed by atoms with Gasteiger partial charge in [-0.15, -0.1) is 0 Å². The van der Waals surface area contributed by atoms with Gasteiger partial charge in [-0.2, -0.15) is 0 Å². The second kappa shape index (κ2) is 10.2. The standard InChI is InChI=1S/C17H29N5/c1-2-3-4-9-20(10-5-12-21-14-7-18-16-21)11-6-13-22-15-8-19-17-22/h7-8,14-17H,2-6,9-13H2,1H3. The maximum atomic E-state index is 4.10. The van der Waals surface area contributed by atoms with Gasteiger partial charge in [0, 0.05) is 37.9 Å². The van der Waals surface area contributed by atoms with Crippen LogP contribution in [0.15, 0.2) is 37.4 Å². The van der Waals surface area contributed by atoms with Crippen molar-refractivity contribution in [2.24, 2.45) is 0 Å². The van der Waals surface area contributed by atoms with Gasteiger partial charge in [0.15, 0.2) is 0 Å². The minimum absolute atomic E-state index is 1.06. The molecule has 5 heteroatoms. The molecule has 0 saturated heterocycles. The van der Waals surface area contributed by atoms with Gasteiger partial charge in [0.1, 0.15) is 0 Å². The third kappa shape index (κ3) is 6.43. The average molecular weight is 303 g/mol. The lowest BCUT2D eigenvalue weighted by Gasteiger charge is -2.22. The summed E-state index contributed by atoms with van der Waals surface area (Å²) < 4.78 is 4.32. The maximum Gasteiger partial charge on any atom is 0.0945 e. The fourth-order valence-corrected chi connectivity index (χ4v) is 2.71. The van der Waals surface area contributed by atoms with Crippen LogP contribution in [0.5, 0.6) is 0 Å². The van der Waals surface area contributed by atoms with E-state index in [0.29, 0.717) is 0 Å². The summed E-state index contributed by atoms with van der Waals surface area (Å²) in [4.78, 5) is 10.8. The lowest BCUT2D eigenvalue weighted by molar-refractivity contribution is 0.252. The maximum absolute atomic E-state index is 4.10. The molecule has 0 atom stereocenters. The first-order chi connectivity index (χ1) is 10.9. The van der Waals surface area contributed by atoms with Crippen molar-refractivity contribution >= 4 is 0 Å². The van der Waals surface area contributed by atoms with E-state index in [4.69, 9.17) is 0 Å². The van der Waals surface area contributed by atoms with E-state index in [1.165, 1.54) is 51.7 Å². The van der Waals surface area contributed by atoms with E-state index in [9.17, 15) is 0 Å². The Morgan fingerprint density at radius 3 is 1.77 bits per heavy atom. The van der Waals surface area contributed by atoms with Crippen molar-refractivity contribution in [3.8, 4) is 0 Å². The van der Waals surface area contributed by atoms with Gasteiger partial charge < -0.3 is 14.0 Å². The molecule has 2 rings (SSSR count). The summed E-state index contributed by atoms with van der Waals surface area (Å²) in [6, 6.07) is 0. The molecule has 0 amide bonds. The van der Waals surface area contributed by atoms with Gasteiger partial charge in [-0.25, -0.2) is 9.97 Å². The molecule has 2 aromatic heterocycles. The first-order valence-corrected chi connectivity index (χ1v) is 8.52. The van der Waals surface area contributed by atoms with Crippen LogP contribution in [-0.2, 0) is 13.1 Å². The van der Waals surface area contributed by atoms with E-state index in [0.717, 1.165) is 13.1 Å². The van der Waals surface area contributed by atoms with Gasteiger partial charge in [0.25, 0.3) is 0 Å². The molecule has 0 bridgehead atoms. The second-order valence-electron chi connectivity index (χ2n) is 5.86. The zero-order valence-corrected chi connectivity index (χ0v) is 13.8. The van der Waals surface area contributed by atoms with Crippen LogP contribution in [0.4, 0.5) is 0 Å². The summed E-state index contributed by atoms with van der Waals surface area (Å²) >= 11 is 0. The van der Waals surface area contributed by atoms with E-state index in [1.54, 1.807) is 0 Å². The number of rotatable bonds is 12. The highest BCUT2D eigenvalue weighted by molar-refractivity contribution is 4.75. The fraction of sp³-hybridized carbons (Fsp3) is 0.647. The van der Waals surface area contributed by atoms with Gasteiger partial charge in [-0.1, -0.05) is 19.8 Å². The molecule has 0 aliphatic heterocycles. The number of unbranched alkanes of at least 4 members (excludes halogenated alkanes) is 2. The van der Waals surface area contributed by atoms with Crippen LogP contribution in [0.1, 0.15) is 39.0 Å². The Labute approximate surface area is 134 Å². The number of hydrogen-bond donors (Lipinski definition) is 0. The Morgan fingerprint density at radius 1 is 0.773 bits per heavy atom. The minimum atomic E-state index is 1.06. The van der Waals surface area contributed by atoms with Gasteiger partial charge in [0.2, 0.25) is 0 Å². The van der Waals surface area contributed by atoms with Gasteiger partial charge >= 0.3 is 0 Å². The zero-order chi connectivity index (χ0) is 15.5. The molecule has 0 radical (unpaired) electrons. The molecule has 0 aliphatic rings. The molecular weight excluding hydrogens is 274 g/mol. The largest absolute Gasteiger partial charge is 0.337 e. The highest BCUT2D eigenvalue weighted by Gasteiger charge is 2.05. The van der Waals surface area contributed by atoms with Crippen molar-refractivity contribution in [1.29, 1.82) is 0 Å². The lowest BCUT2D eigenvalue weighted by atomic mass is 10.2. The minimum Gasteiger partial charge on any atom is -0.337 e. The molecule has 0 aromatic carbocycles. The van der Waals surface area contributed by atoms with E-state index in [-0.39, 0.29) is 0 Å². The molecule has 5 nitrogen and oxygen atoms in total. The summed E-state index contributed by atoms with van der Waals surface area (Å²) in [6.07, 6.45) is 17.9. The van der Waals surface area contributed by atoms with Crippen molar-refractivity contribution < 1.29 is 0 Å². The number of aromatic nitrogens is 4. The molecular formula is C17H29N5. The Hall–Kier alpha value is -1.62. The van der Waals surface area contributed by atoms with Crippen molar-refractivity contribution in [3.05, 3.63) is 37.4 Å². The molecule has 2 aromatic rings. The van der Waals surface area contributed by atoms with Crippen LogP contribution in [0.25, 0.3) is 0 Å². The van der Waals surface area contributed by atoms with E-state index in [2.05, 4.69) is 30.9 Å². The van der Waals surface area contributed by atoms with Crippen molar-refractivity contribution in [2.75, 3.05) is 19.6 Å². The zero-order valence-electron chi connectivity index (χ0n) is 13.8. The topological polar surface area (TPSA) is 38.9 Å². The van der Waals surface area contributed by atoms with Gasteiger partial charge in [-0.3, -0.25) is 0 Å². The smallest absolute Gasteiger partial charge is 0.0945 e. The quantitative estimate of drug-likeness (QED) is 0.566. The second-order valence-corrected chi connectivity index (χ2v) is 5.86. The summed E-state index contributed by atoms with van der Waals surface area (Å²) in [7, 11) is 0.